The second-order valence-electron chi connectivity index (χ2n) is 6.39. The summed E-state index contributed by atoms with van der Waals surface area (Å²) in [5.41, 5.74) is 6.32. The lowest BCUT2D eigenvalue weighted by Gasteiger charge is -2.37. The molecule has 4 heteroatoms. The first-order valence-corrected chi connectivity index (χ1v) is 8.06. The molecule has 0 amide bonds. The zero-order chi connectivity index (χ0) is 13.1. The smallest absolute Gasteiger partial charge is 0.0853 e. The van der Waals surface area contributed by atoms with Gasteiger partial charge in [0.15, 0.2) is 0 Å². The zero-order valence-corrected chi connectivity index (χ0v) is 11.9. The van der Waals surface area contributed by atoms with Crippen molar-refractivity contribution in [1.29, 1.82) is 0 Å². The number of hydrogen-bond acceptors (Lipinski definition) is 4. The van der Waals surface area contributed by atoms with Crippen molar-refractivity contribution in [3.8, 4) is 0 Å². The molecule has 19 heavy (non-hydrogen) atoms. The number of rotatable bonds is 5. The van der Waals surface area contributed by atoms with Crippen LogP contribution in [0.5, 0.6) is 0 Å². The Morgan fingerprint density at radius 2 is 2.16 bits per heavy atom. The molecule has 4 atom stereocenters. The maximum absolute atomic E-state index is 6.32. The topological polar surface area (TPSA) is 47.7 Å². The second kappa shape index (κ2) is 6.53. The van der Waals surface area contributed by atoms with E-state index in [1.165, 1.54) is 45.1 Å². The van der Waals surface area contributed by atoms with E-state index in [0.29, 0.717) is 12.1 Å². The third-order valence-electron chi connectivity index (χ3n) is 4.98. The molecule has 0 aromatic carbocycles. The van der Waals surface area contributed by atoms with Gasteiger partial charge in [0.05, 0.1) is 18.8 Å². The largest absolute Gasteiger partial charge is 0.378 e. The summed E-state index contributed by atoms with van der Waals surface area (Å²) in [5, 5.41) is 0. The standard InChI is InChI=1S/C15H28N2O2/c16-14(7-1-5-13-6-3-9-18-13)15-10-17-8-2-4-12(17)11-19-15/h12-15H,1-11,16H2. The summed E-state index contributed by atoms with van der Waals surface area (Å²) in [6, 6.07) is 0.873. The first-order valence-electron chi connectivity index (χ1n) is 8.06. The maximum atomic E-state index is 6.32. The average Bonchev–Trinajstić information content (AvgIpc) is 3.08. The molecule has 4 nitrogen and oxygen atoms in total. The molecule has 4 unspecified atom stereocenters. The summed E-state index contributed by atoms with van der Waals surface area (Å²) in [4.78, 5) is 2.58. The molecule has 3 heterocycles. The number of ether oxygens (including phenoxy) is 2. The first-order chi connectivity index (χ1) is 9.33. The number of morpholine rings is 1. The summed E-state index contributed by atoms with van der Waals surface area (Å²) < 4.78 is 11.6. The molecule has 0 spiro atoms. The van der Waals surface area contributed by atoms with Crippen LogP contribution >= 0.6 is 0 Å². The van der Waals surface area contributed by atoms with Crippen molar-refractivity contribution in [3.05, 3.63) is 0 Å². The monoisotopic (exact) mass is 268 g/mol. The Hall–Kier alpha value is -0.160. The van der Waals surface area contributed by atoms with Crippen LogP contribution in [0.1, 0.15) is 44.9 Å². The third-order valence-corrected chi connectivity index (χ3v) is 4.98. The van der Waals surface area contributed by atoms with E-state index in [4.69, 9.17) is 15.2 Å². The van der Waals surface area contributed by atoms with Crippen LogP contribution in [0, 0.1) is 0 Å². The van der Waals surface area contributed by atoms with Gasteiger partial charge < -0.3 is 15.2 Å². The van der Waals surface area contributed by atoms with E-state index in [0.717, 1.165) is 26.2 Å². The fourth-order valence-electron chi connectivity index (χ4n) is 3.74. The lowest BCUT2D eigenvalue weighted by Crippen LogP contribution is -2.52. The minimum Gasteiger partial charge on any atom is -0.378 e. The van der Waals surface area contributed by atoms with Gasteiger partial charge in [-0.2, -0.15) is 0 Å². The number of nitrogens with zero attached hydrogens (tertiary/aromatic N) is 1. The lowest BCUT2D eigenvalue weighted by molar-refractivity contribution is -0.0605. The van der Waals surface area contributed by atoms with E-state index in [9.17, 15) is 0 Å². The Balaban J connectivity index is 1.36. The molecular weight excluding hydrogens is 240 g/mol. The molecule has 0 aromatic heterocycles. The highest BCUT2D eigenvalue weighted by Crippen LogP contribution is 2.25. The van der Waals surface area contributed by atoms with E-state index in [-0.39, 0.29) is 12.1 Å². The van der Waals surface area contributed by atoms with Crippen LogP contribution in [0.4, 0.5) is 0 Å². The van der Waals surface area contributed by atoms with E-state index in [2.05, 4.69) is 4.90 Å². The number of hydrogen-bond donors (Lipinski definition) is 1. The predicted octanol–water partition coefficient (Wildman–Crippen LogP) is 1.53. The maximum Gasteiger partial charge on any atom is 0.0853 e. The molecule has 3 saturated heterocycles. The van der Waals surface area contributed by atoms with Crippen molar-refractivity contribution in [1.82, 2.24) is 4.90 Å². The first kappa shape index (κ1) is 13.8. The molecule has 0 radical (unpaired) electrons. The lowest BCUT2D eigenvalue weighted by atomic mass is 10.0. The third kappa shape index (κ3) is 3.48. The number of nitrogens with two attached hydrogens (primary N) is 1. The van der Waals surface area contributed by atoms with Crippen molar-refractivity contribution < 1.29 is 9.47 Å². The highest BCUT2D eigenvalue weighted by Gasteiger charge is 2.34. The van der Waals surface area contributed by atoms with Crippen molar-refractivity contribution in [3.63, 3.8) is 0 Å². The molecule has 0 aliphatic carbocycles. The summed E-state index contributed by atoms with van der Waals surface area (Å²) in [6.07, 6.45) is 9.28. The molecule has 2 N–H and O–H groups in total. The highest BCUT2D eigenvalue weighted by atomic mass is 16.5. The molecule has 110 valence electrons. The van der Waals surface area contributed by atoms with Gasteiger partial charge in [-0.15, -0.1) is 0 Å². The summed E-state index contributed by atoms with van der Waals surface area (Å²) in [6.45, 7) is 4.14. The molecule has 0 aromatic rings. The molecule has 0 saturated carbocycles. The van der Waals surface area contributed by atoms with Gasteiger partial charge in [-0.05, 0) is 51.5 Å². The summed E-state index contributed by atoms with van der Waals surface area (Å²) in [7, 11) is 0. The Morgan fingerprint density at radius 1 is 1.21 bits per heavy atom. The number of fused-ring (bicyclic) bond motifs is 1. The Labute approximate surface area is 116 Å². The van der Waals surface area contributed by atoms with Crippen molar-refractivity contribution >= 4 is 0 Å². The van der Waals surface area contributed by atoms with E-state index in [1.807, 2.05) is 0 Å². The van der Waals surface area contributed by atoms with Crippen molar-refractivity contribution in [2.45, 2.75) is 69.2 Å². The van der Waals surface area contributed by atoms with Gasteiger partial charge in [0.25, 0.3) is 0 Å². The van der Waals surface area contributed by atoms with Crippen LogP contribution < -0.4 is 5.73 Å². The fourth-order valence-corrected chi connectivity index (χ4v) is 3.74. The van der Waals surface area contributed by atoms with Crippen molar-refractivity contribution in [2.75, 3.05) is 26.3 Å². The Kier molecular flexibility index (Phi) is 4.74. The minimum absolute atomic E-state index is 0.197. The Morgan fingerprint density at radius 3 is 3.00 bits per heavy atom. The molecule has 3 aliphatic rings. The highest BCUT2D eigenvalue weighted by molar-refractivity contribution is 4.89. The van der Waals surface area contributed by atoms with Crippen LogP contribution in [-0.2, 0) is 9.47 Å². The van der Waals surface area contributed by atoms with Gasteiger partial charge in [0.1, 0.15) is 0 Å². The average molecular weight is 268 g/mol. The van der Waals surface area contributed by atoms with Gasteiger partial charge in [0.2, 0.25) is 0 Å². The van der Waals surface area contributed by atoms with Crippen molar-refractivity contribution in [2.24, 2.45) is 5.73 Å². The minimum atomic E-state index is 0.197. The molecule has 3 rings (SSSR count). The van der Waals surface area contributed by atoms with Gasteiger partial charge >= 0.3 is 0 Å². The van der Waals surface area contributed by atoms with Gasteiger partial charge in [0, 0.05) is 25.2 Å². The normalized spacial score (nSPS) is 37.4. The van der Waals surface area contributed by atoms with Crippen LogP contribution in [0.2, 0.25) is 0 Å². The zero-order valence-electron chi connectivity index (χ0n) is 11.9. The predicted molar refractivity (Wildman–Crippen MR) is 75.1 cm³/mol. The molecular formula is C15H28N2O2. The SMILES string of the molecule is NC(CCCC1CCCO1)C1CN2CCCC2CO1. The van der Waals surface area contributed by atoms with Gasteiger partial charge in [-0.3, -0.25) is 4.90 Å². The van der Waals surface area contributed by atoms with Crippen LogP contribution in [0.3, 0.4) is 0 Å². The second-order valence-corrected chi connectivity index (χ2v) is 6.39. The molecule has 3 aliphatic heterocycles. The summed E-state index contributed by atoms with van der Waals surface area (Å²) in [5.74, 6) is 0. The van der Waals surface area contributed by atoms with Crippen LogP contribution in [0.25, 0.3) is 0 Å². The van der Waals surface area contributed by atoms with Gasteiger partial charge in [-0.25, -0.2) is 0 Å². The Bertz CT molecular complexity index is 281. The van der Waals surface area contributed by atoms with E-state index >= 15 is 0 Å². The van der Waals surface area contributed by atoms with E-state index in [1.54, 1.807) is 0 Å². The fraction of sp³-hybridized carbons (Fsp3) is 1.00. The van der Waals surface area contributed by atoms with Crippen LogP contribution in [0.15, 0.2) is 0 Å². The van der Waals surface area contributed by atoms with Crippen LogP contribution in [-0.4, -0.2) is 55.5 Å². The molecule has 3 fully saturated rings. The van der Waals surface area contributed by atoms with E-state index < -0.39 is 0 Å². The quantitative estimate of drug-likeness (QED) is 0.821. The van der Waals surface area contributed by atoms with Gasteiger partial charge in [-0.1, -0.05) is 0 Å². The molecule has 0 bridgehead atoms. The summed E-state index contributed by atoms with van der Waals surface area (Å²) >= 11 is 0.